The van der Waals surface area contributed by atoms with Crippen LogP contribution in [0.1, 0.15) is 23.2 Å². The summed E-state index contributed by atoms with van der Waals surface area (Å²) in [5.41, 5.74) is 1.86. The van der Waals surface area contributed by atoms with Gasteiger partial charge in [0.1, 0.15) is 0 Å². The number of hydrogen-bond acceptors (Lipinski definition) is 3. The van der Waals surface area contributed by atoms with Gasteiger partial charge >= 0.3 is 0 Å². The van der Waals surface area contributed by atoms with Crippen LogP contribution in [-0.4, -0.2) is 48.9 Å². The van der Waals surface area contributed by atoms with Gasteiger partial charge in [0.25, 0.3) is 0 Å². The summed E-state index contributed by atoms with van der Waals surface area (Å²) in [5, 5.41) is 4.28. The van der Waals surface area contributed by atoms with Crippen LogP contribution in [0.4, 0.5) is 0 Å². The number of nitrogens with zero attached hydrogens (tertiary/aromatic N) is 1. The molecule has 2 N–H and O–H groups in total. The molecule has 0 amide bonds. The fourth-order valence-electron chi connectivity index (χ4n) is 3.34. The first-order chi connectivity index (χ1) is 10.3. The van der Waals surface area contributed by atoms with Crippen molar-refractivity contribution in [2.24, 2.45) is 5.92 Å². The molecule has 0 aliphatic carbocycles. The van der Waals surface area contributed by atoms with Gasteiger partial charge < -0.3 is 10.3 Å². The second kappa shape index (κ2) is 6.41. The predicted molar refractivity (Wildman–Crippen MR) is 85.7 cm³/mol. The number of likely N-dealkylation sites (tertiary alicyclic amines) is 1. The lowest BCUT2D eigenvalue weighted by Gasteiger charge is -2.32. The number of benzene rings is 1. The number of piperidine rings is 1. The molecule has 1 fully saturated rings. The zero-order valence-electron chi connectivity index (χ0n) is 12.6. The third-order valence-corrected chi connectivity index (χ3v) is 4.35. The third-order valence-electron chi connectivity index (χ3n) is 4.35. The molecular formula is C17H23N3O. The van der Waals surface area contributed by atoms with Gasteiger partial charge in [-0.15, -0.1) is 0 Å². The van der Waals surface area contributed by atoms with Gasteiger partial charge in [-0.1, -0.05) is 18.2 Å². The van der Waals surface area contributed by atoms with Crippen LogP contribution in [0.3, 0.4) is 0 Å². The van der Waals surface area contributed by atoms with E-state index >= 15 is 0 Å². The van der Waals surface area contributed by atoms with Crippen LogP contribution in [0, 0.1) is 5.92 Å². The van der Waals surface area contributed by atoms with E-state index in [1.807, 2.05) is 37.5 Å². The van der Waals surface area contributed by atoms with Gasteiger partial charge in [-0.3, -0.25) is 9.69 Å². The van der Waals surface area contributed by atoms with Crippen molar-refractivity contribution in [1.82, 2.24) is 15.2 Å². The molecule has 1 aliphatic rings. The Morgan fingerprint density at radius 2 is 2.29 bits per heavy atom. The molecule has 1 aromatic carbocycles. The predicted octanol–water partition coefficient (Wildman–Crippen LogP) is 2.28. The molecular weight excluding hydrogens is 262 g/mol. The molecule has 1 aliphatic heterocycles. The first-order valence-corrected chi connectivity index (χ1v) is 7.74. The minimum atomic E-state index is 0.220. The number of carbonyl (C=O) groups excluding carboxylic acids is 1. The second-order valence-electron chi connectivity index (χ2n) is 5.97. The lowest BCUT2D eigenvalue weighted by molar-refractivity contribution is 0.0888. The molecule has 3 rings (SSSR count). The number of rotatable bonds is 5. The molecule has 112 valence electrons. The molecule has 1 atom stereocenters. The summed E-state index contributed by atoms with van der Waals surface area (Å²) in [6, 6.07) is 7.99. The molecule has 21 heavy (non-hydrogen) atoms. The van der Waals surface area contributed by atoms with E-state index in [2.05, 4.69) is 15.2 Å². The van der Waals surface area contributed by atoms with Crippen molar-refractivity contribution in [3.05, 3.63) is 36.0 Å². The quantitative estimate of drug-likeness (QED) is 0.829. The third kappa shape index (κ3) is 3.17. The number of hydrogen-bond donors (Lipinski definition) is 2. The van der Waals surface area contributed by atoms with Crippen molar-refractivity contribution in [1.29, 1.82) is 0 Å². The smallest absolute Gasteiger partial charge is 0.178 e. The Balaban J connectivity index is 1.68. The average Bonchev–Trinajstić information content (AvgIpc) is 2.92. The summed E-state index contributed by atoms with van der Waals surface area (Å²) >= 11 is 0. The number of ketones is 1. The molecule has 2 aromatic rings. The van der Waals surface area contributed by atoms with E-state index in [-0.39, 0.29) is 5.78 Å². The number of nitrogens with one attached hydrogen (secondary N) is 2. The van der Waals surface area contributed by atoms with E-state index in [9.17, 15) is 4.79 Å². The molecule has 0 bridgehead atoms. The van der Waals surface area contributed by atoms with E-state index in [1.165, 1.54) is 12.8 Å². The average molecular weight is 285 g/mol. The van der Waals surface area contributed by atoms with Crippen molar-refractivity contribution in [3.8, 4) is 0 Å². The van der Waals surface area contributed by atoms with Gasteiger partial charge in [0, 0.05) is 29.2 Å². The van der Waals surface area contributed by atoms with Crippen molar-refractivity contribution in [2.45, 2.75) is 12.8 Å². The van der Waals surface area contributed by atoms with Crippen molar-refractivity contribution in [3.63, 3.8) is 0 Å². The first-order valence-electron chi connectivity index (χ1n) is 7.74. The van der Waals surface area contributed by atoms with Crippen molar-refractivity contribution >= 4 is 16.7 Å². The van der Waals surface area contributed by atoms with Gasteiger partial charge in [-0.05, 0) is 45.0 Å². The van der Waals surface area contributed by atoms with Gasteiger partial charge in [0.05, 0.1) is 6.54 Å². The van der Waals surface area contributed by atoms with Gasteiger partial charge in [0.2, 0.25) is 0 Å². The summed E-state index contributed by atoms with van der Waals surface area (Å²) in [7, 11) is 2.00. The summed E-state index contributed by atoms with van der Waals surface area (Å²) in [5.74, 6) is 0.886. The lowest BCUT2D eigenvalue weighted by Crippen LogP contribution is -2.41. The molecule has 1 aromatic heterocycles. The number of aromatic nitrogens is 1. The van der Waals surface area contributed by atoms with Gasteiger partial charge in [-0.2, -0.15) is 0 Å². The standard InChI is InChI=1S/C17H23N3O/c1-18-9-13-5-4-8-20(11-13)12-17(21)15-10-19-16-7-3-2-6-14(15)16/h2-3,6-7,10,13,18-19H,4-5,8-9,11-12H2,1H3. The van der Waals surface area contributed by atoms with Crippen LogP contribution >= 0.6 is 0 Å². The molecule has 4 nitrogen and oxygen atoms in total. The second-order valence-corrected chi connectivity index (χ2v) is 5.97. The van der Waals surface area contributed by atoms with Gasteiger partial charge in [0.15, 0.2) is 5.78 Å². The van der Waals surface area contributed by atoms with E-state index in [0.29, 0.717) is 12.5 Å². The summed E-state index contributed by atoms with van der Waals surface area (Å²) in [4.78, 5) is 18.1. The Hall–Kier alpha value is -1.65. The van der Waals surface area contributed by atoms with Crippen LogP contribution in [0.25, 0.3) is 10.9 Å². The molecule has 1 unspecified atom stereocenters. The first kappa shape index (κ1) is 14.3. The van der Waals surface area contributed by atoms with E-state index in [4.69, 9.17) is 0 Å². The molecule has 1 saturated heterocycles. The van der Waals surface area contributed by atoms with Crippen LogP contribution < -0.4 is 5.32 Å². The number of para-hydroxylation sites is 1. The number of Topliss-reactive ketones (excluding diaryl/α,β-unsaturated/α-hetero) is 1. The lowest BCUT2D eigenvalue weighted by atomic mass is 9.97. The van der Waals surface area contributed by atoms with E-state index in [1.54, 1.807) is 0 Å². The highest BCUT2D eigenvalue weighted by Crippen LogP contribution is 2.20. The molecule has 2 heterocycles. The highest BCUT2D eigenvalue weighted by molar-refractivity contribution is 6.08. The van der Waals surface area contributed by atoms with E-state index in [0.717, 1.165) is 36.1 Å². The maximum Gasteiger partial charge on any atom is 0.178 e. The maximum atomic E-state index is 12.6. The zero-order valence-corrected chi connectivity index (χ0v) is 12.6. The van der Waals surface area contributed by atoms with Crippen LogP contribution in [0.2, 0.25) is 0 Å². The Bertz CT molecular complexity index is 617. The number of H-pyrrole nitrogens is 1. The fraction of sp³-hybridized carbons (Fsp3) is 0.471. The van der Waals surface area contributed by atoms with E-state index < -0.39 is 0 Å². The molecule has 0 saturated carbocycles. The number of carbonyl (C=O) groups is 1. The monoisotopic (exact) mass is 285 g/mol. The summed E-state index contributed by atoms with van der Waals surface area (Å²) in [6.45, 7) is 3.63. The van der Waals surface area contributed by atoms with Crippen LogP contribution in [0.5, 0.6) is 0 Å². The summed E-state index contributed by atoms with van der Waals surface area (Å²) in [6.07, 6.45) is 4.30. The number of fused-ring (bicyclic) bond motifs is 1. The largest absolute Gasteiger partial charge is 0.360 e. The minimum Gasteiger partial charge on any atom is -0.360 e. The Kier molecular flexibility index (Phi) is 4.36. The fourth-order valence-corrected chi connectivity index (χ4v) is 3.34. The minimum absolute atomic E-state index is 0.220. The van der Waals surface area contributed by atoms with Crippen molar-refractivity contribution < 1.29 is 4.79 Å². The molecule has 4 heteroatoms. The molecule has 0 radical (unpaired) electrons. The van der Waals surface area contributed by atoms with Crippen molar-refractivity contribution in [2.75, 3.05) is 33.2 Å². The Labute approximate surface area is 125 Å². The normalized spacial score (nSPS) is 20.0. The maximum absolute atomic E-state index is 12.6. The SMILES string of the molecule is CNCC1CCCN(CC(=O)c2c[nH]c3ccccc23)C1. The van der Waals surface area contributed by atoms with Crippen LogP contribution in [-0.2, 0) is 0 Å². The zero-order chi connectivity index (χ0) is 14.7. The van der Waals surface area contributed by atoms with Gasteiger partial charge in [-0.25, -0.2) is 0 Å². The highest BCUT2D eigenvalue weighted by atomic mass is 16.1. The molecule has 0 spiro atoms. The Morgan fingerprint density at radius 1 is 1.43 bits per heavy atom. The highest BCUT2D eigenvalue weighted by Gasteiger charge is 2.22. The summed E-state index contributed by atoms with van der Waals surface area (Å²) < 4.78 is 0. The Morgan fingerprint density at radius 3 is 3.14 bits per heavy atom. The topological polar surface area (TPSA) is 48.1 Å². The number of aromatic amines is 1. The van der Waals surface area contributed by atoms with Crippen LogP contribution in [0.15, 0.2) is 30.5 Å².